The lowest BCUT2D eigenvalue weighted by Gasteiger charge is -2.25. The van der Waals surface area contributed by atoms with Gasteiger partial charge in [0, 0.05) is 29.5 Å². The number of aliphatic hydroxyl groups excluding tert-OH is 1. The second-order valence-electron chi connectivity index (χ2n) is 8.17. The molecule has 6 nitrogen and oxygen atoms in total. The monoisotopic (exact) mass is 476 g/mol. The molecule has 1 aromatic heterocycles. The van der Waals surface area contributed by atoms with Gasteiger partial charge in [0.1, 0.15) is 11.5 Å². The van der Waals surface area contributed by atoms with Crippen molar-refractivity contribution in [3.63, 3.8) is 0 Å². The Kier molecular flexibility index (Phi) is 6.98. The average molecular weight is 477 g/mol. The Morgan fingerprint density at radius 2 is 1.91 bits per heavy atom. The van der Waals surface area contributed by atoms with Gasteiger partial charge in [-0.25, -0.2) is 0 Å². The third-order valence-electron chi connectivity index (χ3n) is 5.73. The van der Waals surface area contributed by atoms with Gasteiger partial charge in [-0.15, -0.1) is 0 Å². The van der Waals surface area contributed by atoms with Crippen molar-refractivity contribution >= 4 is 29.1 Å². The number of rotatable bonds is 7. The molecule has 0 radical (unpaired) electrons. The first-order valence-electron chi connectivity index (χ1n) is 11.1. The number of nitrogens with zero attached hydrogens (tertiary/aromatic N) is 2. The van der Waals surface area contributed by atoms with Crippen molar-refractivity contribution in [2.24, 2.45) is 0 Å². The number of amides is 1. The number of ketones is 1. The van der Waals surface area contributed by atoms with Crippen LogP contribution in [0.3, 0.4) is 0 Å². The second kappa shape index (κ2) is 10.1. The van der Waals surface area contributed by atoms with E-state index in [1.807, 2.05) is 26.0 Å². The largest absolute Gasteiger partial charge is 0.507 e. The number of carbonyl (C=O) groups excluding carboxylic acids is 2. The number of Topliss-reactive ketones (excluding diaryl/α,β-unsaturated/α-hetero) is 1. The first-order valence-corrected chi connectivity index (χ1v) is 11.4. The van der Waals surface area contributed by atoms with E-state index in [4.69, 9.17) is 16.3 Å². The zero-order chi connectivity index (χ0) is 24.2. The minimum Gasteiger partial charge on any atom is -0.507 e. The zero-order valence-corrected chi connectivity index (χ0v) is 19.7. The van der Waals surface area contributed by atoms with Gasteiger partial charge in [0.25, 0.3) is 11.7 Å². The van der Waals surface area contributed by atoms with Gasteiger partial charge in [-0.3, -0.25) is 14.6 Å². The quantitative estimate of drug-likeness (QED) is 0.278. The molecule has 3 aromatic rings. The van der Waals surface area contributed by atoms with E-state index in [0.29, 0.717) is 28.5 Å². The van der Waals surface area contributed by atoms with Gasteiger partial charge in [-0.1, -0.05) is 36.7 Å². The molecule has 2 heterocycles. The molecule has 174 valence electrons. The lowest BCUT2D eigenvalue weighted by atomic mass is 9.94. The SMILES string of the molecule is CCCOc1ccc(C(O)=C2C(=O)C(=O)N(Cc3cccnc3)[C@@H]2c2ccc(Cl)cc2)c(C)c1. The molecule has 34 heavy (non-hydrogen) atoms. The van der Waals surface area contributed by atoms with Crippen molar-refractivity contribution in [1.82, 2.24) is 9.88 Å². The van der Waals surface area contributed by atoms with E-state index in [1.165, 1.54) is 4.90 Å². The summed E-state index contributed by atoms with van der Waals surface area (Å²) >= 11 is 6.08. The highest BCUT2D eigenvalue weighted by molar-refractivity contribution is 6.46. The highest BCUT2D eigenvalue weighted by atomic mass is 35.5. The van der Waals surface area contributed by atoms with Crippen LogP contribution in [0.15, 0.2) is 72.6 Å². The molecule has 1 saturated heterocycles. The lowest BCUT2D eigenvalue weighted by molar-refractivity contribution is -0.140. The number of likely N-dealkylation sites (tertiary alicyclic amines) is 1. The van der Waals surface area contributed by atoms with E-state index in [-0.39, 0.29) is 17.9 Å². The molecular weight excluding hydrogens is 452 g/mol. The van der Waals surface area contributed by atoms with Crippen molar-refractivity contribution in [1.29, 1.82) is 0 Å². The molecular formula is C27H25ClN2O4. The molecule has 0 unspecified atom stereocenters. The maximum absolute atomic E-state index is 13.2. The Labute approximate surface area is 203 Å². The summed E-state index contributed by atoms with van der Waals surface area (Å²) in [6.45, 7) is 4.61. The fourth-order valence-corrected chi connectivity index (χ4v) is 4.21. The van der Waals surface area contributed by atoms with Crippen molar-refractivity contribution in [3.8, 4) is 5.75 Å². The van der Waals surface area contributed by atoms with Crippen LogP contribution >= 0.6 is 11.6 Å². The fraction of sp³-hybridized carbons (Fsp3) is 0.222. The Hall–Kier alpha value is -3.64. The van der Waals surface area contributed by atoms with E-state index < -0.39 is 17.7 Å². The van der Waals surface area contributed by atoms with Crippen molar-refractivity contribution in [2.75, 3.05) is 6.61 Å². The van der Waals surface area contributed by atoms with E-state index in [2.05, 4.69) is 4.98 Å². The van der Waals surface area contributed by atoms with Crippen molar-refractivity contribution < 1.29 is 19.4 Å². The number of halogens is 1. The Morgan fingerprint density at radius 1 is 1.15 bits per heavy atom. The lowest BCUT2D eigenvalue weighted by Crippen LogP contribution is -2.29. The molecule has 0 bridgehead atoms. The summed E-state index contributed by atoms with van der Waals surface area (Å²) in [7, 11) is 0. The number of aryl methyl sites for hydroxylation is 1. The number of aromatic nitrogens is 1. The van der Waals surface area contributed by atoms with Gasteiger partial charge in [0.2, 0.25) is 0 Å². The molecule has 0 saturated carbocycles. The van der Waals surface area contributed by atoms with Crippen LogP contribution in [0.2, 0.25) is 5.02 Å². The number of hydrogen-bond acceptors (Lipinski definition) is 5. The highest BCUT2D eigenvalue weighted by Crippen LogP contribution is 2.41. The number of pyridine rings is 1. The van der Waals surface area contributed by atoms with E-state index in [0.717, 1.165) is 17.5 Å². The van der Waals surface area contributed by atoms with Gasteiger partial charge in [-0.2, -0.15) is 0 Å². The fourth-order valence-electron chi connectivity index (χ4n) is 4.08. The summed E-state index contributed by atoms with van der Waals surface area (Å²) in [6.07, 6.45) is 4.17. The predicted molar refractivity (Wildman–Crippen MR) is 131 cm³/mol. The van der Waals surface area contributed by atoms with E-state index in [1.54, 1.807) is 54.9 Å². The maximum Gasteiger partial charge on any atom is 0.295 e. The molecule has 1 aliphatic heterocycles. The summed E-state index contributed by atoms with van der Waals surface area (Å²) < 4.78 is 5.67. The summed E-state index contributed by atoms with van der Waals surface area (Å²) in [4.78, 5) is 31.9. The molecule has 1 aliphatic rings. The molecule has 1 amide bonds. The van der Waals surface area contributed by atoms with Crippen LogP contribution in [0, 0.1) is 6.92 Å². The zero-order valence-electron chi connectivity index (χ0n) is 19.0. The van der Waals surface area contributed by atoms with Gasteiger partial charge in [0.05, 0.1) is 18.2 Å². The third kappa shape index (κ3) is 4.68. The topological polar surface area (TPSA) is 79.7 Å². The molecule has 0 aliphatic carbocycles. The van der Waals surface area contributed by atoms with Crippen LogP contribution in [-0.4, -0.2) is 33.3 Å². The normalized spacial score (nSPS) is 17.3. The van der Waals surface area contributed by atoms with Crippen LogP contribution in [0.1, 0.15) is 41.6 Å². The first kappa shape index (κ1) is 23.5. The van der Waals surface area contributed by atoms with E-state index >= 15 is 0 Å². The summed E-state index contributed by atoms with van der Waals surface area (Å²) in [5.74, 6) is -0.938. The predicted octanol–water partition coefficient (Wildman–Crippen LogP) is 5.45. The summed E-state index contributed by atoms with van der Waals surface area (Å²) in [6, 6.07) is 15.0. The first-order chi connectivity index (χ1) is 16.4. The minimum absolute atomic E-state index is 0.0431. The van der Waals surface area contributed by atoms with Crippen LogP contribution in [-0.2, 0) is 16.1 Å². The Morgan fingerprint density at radius 3 is 2.56 bits per heavy atom. The van der Waals surface area contributed by atoms with Crippen LogP contribution in [0.25, 0.3) is 5.76 Å². The van der Waals surface area contributed by atoms with Gasteiger partial charge >= 0.3 is 0 Å². The smallest absolute Gasteiger partial charge is 0.295 e. The van der Waals surface area contributed by atoms with Crippen LogP contribution in [0.5, 0.6) is 5.75 Å². The number of aliphatic hydroxyl groups is 1. The molecule has 2 aromatic carbocycles. The minimum atomic E-state index is -0.770. The molecule has 7 heteroatoms. The van der Waals surface area contributed by atoms with Gasteiger partial charge < -0.3 is 14.7 Å². The number of carbonyl (C=O) groups is 2. The molecule has 1 fully saturated rings. The number of ether oxygens (including phenoxy) is 1. The average Bonchev–Trinajstić information content (AvgIpc) is 3.08. The van der Waals surface area contributed by atoms with Crippen molar-refractivity contribution in [2.45, 2.75) is 32.9 Å². The molecule has 1 N–H and O–H groups in total. The Bertz CT molecular complexity index is 1240. The number of benzene rings is 2. The maximum atomic E-state index is 13.2. The second-order valence-corrected chi connectivity index (χ2v) is 8.60. The third-order valence-corrected chi connectivity index (χ3v) is 5.98. The van der Waals surface area contributed by atoms with Crippen LogP contribution < -0.4 is 4.74 Å². The highest BCUT2D eigenvalue weighted by Gasteiger charge is 2.46. The van der Waals surface area contributed by atoms with E-state index in [9.17, 15) is 14.7 Å². The number of hydrogen-bond donors (Lipinski definition) is 1. The van der Waals surface area contributed by atoms with Gasteiger partial charge in [0.15, 0.2) is 0 Å². The van der Waals surface area contributed by atoms with Gasteiger partial charge in [-0.05, 0) is 66.4 Å². The standard InChI is InChI=1S/C27H25ClN2O4/c1-3-13-34-21-10-11-22(17(2)14-21)25(31)23-24(19-6-8-20(28)9-7-19)30(27(33)26(23)32)16-18-5-4-12-29-15-18/h4-12,14-15,24,31H,3,13,16H2,1-2H3/t24-/m1/s1. The Balaban J connectivity index is 1.82. The molecule has 0 spiro atoms. The summed E-state index contributed by atoms with van der Waals surface area (Å²) in [5, 5.41) is 11.9. The van der Waals surface area contributed by atoms with Crippen molar-refractivity contribution in [3.05, 3.63) is 99.8 Å². The van der Waals surface area contributed by atoms with Crippen LogP contribution in [0.4, 0.5) is 0 Å². The molecule has 4 rings (SSSR count). The molecule has 1 atom stereocenters. The summed E-state index contributed by atoms with van der Waals surface area (Å²) in [5.41, 5.74) is 2.70.